The maximum atomic E-state index is 11.7. The lowest BCUT2D eigenvalue weighted by Crippen LogP contribution is -2.44. The van der Waals surface area contributed by atoms with E-state index in [1.54, 1.807) is 0 Å². The Morgan fingerprint density at radius 2 is 2.40 bits per heavy atom. The van der Waals surface area contributed by atoms with E-state index in [2.05, 4.69) is 43.3 Å². The van der Waals surface area contributed by atoms with E-state index in [0.717, 1.165) is 25.8 Å². The fraction of sp³-hybridized carbons (Fsp3) is 0.706. The summed E-state index contributed by atoms with van der Waals surface area (Å²) >= 11 is 1.82. The van der Waals surface area contributed by atoms with E-state index in [1.807, 2.05) is 11.3 Å². The molecule has 1 saturated carbocycles. The van der Waals surface area contributed by atoms with Crippen LogP contribution in [-0.4, -0.2) is 30.8 Å². The minimum absolute atomic E-state index is 0.101. The first-order chi connectivity index (χ1) is 9.54. The van der Waals surface area contributed by atoms with Gasteiger partial charge in [-0.1, -0.05) is 25.8 Å². The molecule has 3 atom stereocenters. The summed E-state index contributed by atoms with van der Waals surface area (Å²) < 4.78 is 0. The summed E-state index contributed by atoms with van der Waals surface area (Å²) in [6.07, 6.45) is 6.94. The molecule has 0 N–H and O–H groups in total. The third-order valence-electron chi connectivity index (χ3n) is 4.77. The predicted molar refractivity (Wildman–Crippen MR) is 86.2 cm³/mol. The molecular weight excluding hydrogens is 266 g/mol. The Morgan fingerprint density at radius 3 is 3.00 bits per heavy atom. The minimum atomic E-state index is -0.101. The normalized spacial score (nSPS) is 28.5. The highest BCUT2D eigenvalue weighted by Gasteiger charge is 2.36. The molecule has 1 aliphatic carbocycles. The lowest BCUT2D eigenvalue weighted by atomic mass is 9.70. The Hall–Kier alpha value is -0.670. The van der Waals surface area contributed by atoms with Crippen molar-refractivity contribution < 1.29 is 4.79 Å². The summed E-state index contributed by atoms with van der Waals surface area (Å²) in [6.45, 7) is 5.46. The van der Waals surface area contributed by atoms with Crippen LogP contribution in [0, 0.1) is 11.3 Å². The lowest BCUT2D eigenvalue weighted by molar-refractivity contribution is -0.120. The van der Waals surface area contributed by atoms with Gasteiger partial charge in [-0.05, 0) is 50.6 Å². The van der Waals surface area contributed by atoms with E-state index in [9.17, 15) is 4.79 Å². The van der Waals surface area contributed by atoms with Gasteiger partial charge in [0.1, 0.15) is 6.29 Å². The zero-order chi connectivity index (χ0) is 14.6. The molecule has 2 rings (SSSR count). The first kappa shape index (κ1) is 15.7. The van der Waals surface area contributed by atoms with E-state index in [1.165, 1.54) is 24.0 Å². The molecule has 112 valence electrons. The summed E-state index contributed by atoms with van der Waals surface area (Å²) in [7, 11) is 2.17. The Morgan fingerprint density at radius 1 is 1.60 bits per heavy atom. The van der Waals surface area contributed by atoms with Crippen LogP contribution >= 0.6 is 11.3 Å². The van der Waals surface area contributed by atoms with Crippen LogP contribution in [-0.2, 0) is 11.2 Å². The van der Waals surface area contributed by atoms with Crippen LogP contribution in [0.15, 0.2) is 17.5 Å². The van der Waals surface area contributed by atoms with Crippen LogP contribution in [0.1, 0.15) is 44.4 Å². The van der Waals surface area contributed by atoms with Crippen molar-refractivity contribution in [2.75, 3.05) is 13.6 Å². The van der Waals surface area contributed by atoms with E-state index in [4.69, 9.17) is 0 Å². The molecule has 20 heavy (non-hydrogen) atoms. The number of aldehydes is 1. The highest BCUT2D eigenvalue weighted by atomic mass is 32.1. The first-order valence-electron chi connectivity index (χ1n) is 7.73. The van der Waals surface area contributed by atoms with Gasteiger partial charge in [-0.2, -0.15) is 0 Å². The molecule has 1 aliphatic rings. The van der Waals surface area contributed by atoms with Gasteiger partial charge in [0.2, 0.25) is 0 Å². The Balaban J connectivity index is 1.94. The molecular formula is C17H27NOS. The first-order valence-corrected chi connectivity index (χ1v) is 8.61. The SMILES string of the molecule is CC1CCCC(C=O)(CN(C)C(C)Cc2cccs2)C1. The van der Waals surface area contributed by atoms with Crippen LogP contribution in [0.3, 0.4) is 0 Å². The summed E-state index contributed by atoms with van der Waals surface area (Å²) in [5.41, 5.74) is -0.101. The number of hydrogen-bond donors (Lipinski definition) is 0. The Bertz CT molecular complexity index is 417. The molecule has 0 radical (unpaired) electrons. The van der Waals surface area contributed by atoms with Gasteiger partial charge >= 0.3 is 0 Å². The zero-order valence-corrected chi connectivity index (χ0v) is 13.8. The number of carbonyl (C=O) groups excluding carboxylic acids is 1. The molecule has 0 aliphatic heterocycles. The Labute approximate surface area is 127 Å². The second-order valence-electron chi connectivity index (χ2n) is 6.73. The van der Waals surface area contributed by atoms with Crippen molar-refractivity contribution >= 4 is 17.6 Å². The van der Waals surface area contributed by atoms with E-state index in [-0.39, 0.29) is 5.41 Å². The molecule has 1 fully saturated rings. The van der Waals surface area contributed by atoms with E-state index in [0.29, 0.717) is 12.0 Å². The highest BCUT2D eigenvalue weighted by Crippen LogP contribution is 2.38. The van der Waals surface area contributed by atoms with Gasteiger partial charge < -0.3 is 9.69 Å². The summed E-state index contributed by atoms with van der Waals surface area (Å²) in [6, 6.07) is 4.80. The highest BCUT2D eigenvalue weighted by molar-refractivity contribution is 7.09. The van der Waals surface area contributed by atoms with Gasteiger partial charge in [0.15, 0.2) is 0 Å². The average Bonchev–Trinajstić information content (AvgIpc) is 2.91. The topological polar surface area (TPSA) is 20.3 Å². The van der Waals surface area contributed by atoms with Crippen molar-refractivity contribution in [3.8, 4) is 0 Å². The number of carbonyl (C=O) groups is 1. The van der Waals surface area contributed by atoms with Crippen molar-refractivity contribution in [3.05, 3.63) is 22.4 Å². The third kappa shape index (κ3) is 3.92. The summed E-state index contributed by atoms with van der Waals surface area (Å²) in [5.74, 6) is 0.690. The molecule has 0 amide bonds. The van der Waals surface area contributed by atoms with E-state index >= 15 is 0 Å². The molecule has 0 spiro atoms. The molecule has 2 nitrogen and oxygen atoms in total. The molecule has 0 bridgehead atoms. The number of hydrogen-bond acceptors (Lipinski definition) is 3. The maximum absolute atomic E-state index is 11.7. The van der Waals surface area contributed by atoms with Gasteiger partial charge in [0.05, 0.1) is 0 Å². The van der Waals surface area contributed by atoms with Crippen LogP contribution in [0.5, 0.6) is 0 Å². The molecule has 0 aromatic carbocycles. The fourth-order valence-electron chi connectivity index (χ4n) is 3.52. The third-order valence-corrected chi connectivity index (χ3v) is 5.67. The van der Waals surface area contributed by atoms with Crippen LogP contribution in [0.2, 0.25) is 0 Å². The summed E-state index contributed by atoms with van der Waals surface area (Å²) in [4.78, 5) is 15.5. The van der Waals surface area contributed by atoms with Crippen molar-refractivity contribution in [1.29, 1.82) is 0 Å². The largest absolute Gasteiger partial charge is 0.303 e. The van der Waals surface area contributed by atoms with Gasteiger partial charge in [-0.15, -0.1) is 11.3 Å². The van der Waals surface area contributed by atoms with Crippen molar-refractivity contribution in [1.82, 2.24) is 4.90 Å². The van der Waals surface area contributed by atoms with Crippen molar-refractivity contribution in [2.24, 2.45) is 11.3 Å². The zero-order valence-electron chi connectivity index (χ0n) is 13.0. The van der Waals surface area contributed by atoms with Gasteiger partial charge in [-0.3, -0.25) is 0 Å². The second kappa shape index (κ2) is 6.86. The van der Waals surface area contributed by atoms with Gasteiger partial charge in [0.25, 0.3) is 0 Å². The molecule has 3 heteroatoms. The van der Waals surface area contributed by atoms with Crippen LogP contribution in [0.25, 0.3) is 0 Å². The minimum Gasteiger partial charge on any atom is -0.303 e. The number of thiophene rings is 1. The lowest BCUT2D eigenvalue weighted by Gasteiger charge is -2.40. The smallest absolute Gasteiger partial charge is 0.127 e. The van der Waals surface area contributed by atoms with Crippen LogP contribution < -0.4 is 0 Å². The van der Waals surface area contributed by atoms with Crippen molar-refractivity contribution in [2.45, 2.75) is 52.0 Å². The molecule has 1 aromatic heterocycles. The fourth-order valence-corrected chi connectivity index (χ4v) is 4.34. The predicted octanol–water partition coefficient (Wildman–Crippen LogP) is 4.01. The molecule has 3 unspecified atom stereocenters. The maximum Gasteiger partial charge on any atom is 0.127 e. The van der Waals surface area contributed by atoms with E-state index < -0.39 is 0 Å². The standard InChI is InChI=1S/C17H27NOS/c1-14-6-4-8-17(11-14,13-19)12-18(3)15(2)10-16-7-5-9-20-16/h5,7,9,13-15H,4,6,8,10-12H2,1-3H3. The van der Waals surface area contributed by atoms with Crippen molar-refractivity contribution in [3.63, 3.8) is 0 Å². The molecule has 1 aromatic rings. The quantitative estimate of drug-likeness (QED) is 0.739. The Kier molecular flexibility index (Phi) is 5.39. The monoisotopic (exact) mass is 293 g/mol. The van der Waals surface area contributed by atoms with Gasteiger partial charge in [-0.25, -0.2) is 0 Å². The number of likely N-dealkylation sites (N-methyl/N-ethyl adjacent to an activating group) is 1. The average molecular weight is 293 g/mol. The van der Waals surface area contributed by atoms with Gasteiger partial charge in [0, 0.05) is 22.9 Å². The number of nitrogens with zero attached hydrogens (tertiary/aromatic N) is 1. The molecule has 1 heterocycles. The molecule has 0 saturated heterocycles. The summed E-state index contributed by atoms with van der Waals surface area (Å²) in [5, 5.41) is 2.14. The number of rotatable bonds is 6. The van der Waals surface area contributed by atoms with Crippen LogP contribution in [0.4, 0.5) is 0 Å². The second-order valence-corrected chi connectivity index (χ2v) is 7.76.